The van der Waals surface area contributed by atoms with Crippen LogP contribution in [0, 0.1) is 17.2 Å². The van der Waals surface area contributed by atoms with Crippen LogP contribution in [-0.2, 0) is 4.79 Å². The number of hydrogen-bond donors (Lipinski definition) is 1. The normalized spacial score (nSPS) is 14.3. The summed E-state index contributed by atoms with van der Waals surface area (Å²) < 4.78 is 5.44. The average Bonchev–Trinajstić information content (AvgIpc) is 3.44. The Bertz CT molecular complexity index is 1130. The van der Waals surface area contributed by atoms with Gasteiger partial charge in [-0.05, 0) is 49.2 Å². The van der Waals surface area contributed by atoms with Crippen molar-refractivity contribution in [2.24, 2.45) is 5.92 Å². The number of thiazole rings is 1. The Labute approximate surface area is 176 Å². The zero-order valence-electron chi connectivity index (χ0n) is 15.9. The number of rotatable bonds is 5. The molecular weight excluding hydrogens is 402 g/mol. The van der Waals surface area contributed by atoms with Gasteiger partial charge in [0.05, 0.1) is 17.9 Å². The van der Waals surface area contributed by atoms with E-state index in [2.05, 4.69) is 10.3 Å². The molecule has 0 bridgehead atoms. The molecule has 8 heteroatoms. The van der Waals surface area contributed by atoms with Crippen LogP contribution >= 0.6 is 11.3 Å². The van der Waals surface area contributed by atoms with Gasteiger partial charge in [0.1, 0.15) is 16.4 Å². The van der Waals surface area contributed by atoms with Gasteiger partial charge in [-0.3, -0.25) is 19.7 Å². The van der Waals surface area contributed by atoms with E-state index in [4.69, 9.17) is 9.68 Å². The summed E-state index contributed by atoms with van der Waals surface area (Å²) in [5.74, 6) is -0.0731. The molecule has 1 aliphatic carbocycles. The SMILES string of the molecule is N#Cc1ccc(C(=O)Nc2nc(-c3ccco3)c(C(=O)C3CCC(=O)CC3)s2)cc1. The first-order chi connectivity index (χ1) is 14.5. The van der Waals surface area contributed by atoms with Gasteiger partial charge in [-0.25, -0.2) is 4.98 Å². The van der Waals surface area contributed by atoms with Crippen molar-refractivity contribution in [2.45, 2.75) is 25.7 Å². The largest absolute Gasteiger partial charge is 0.463 e. The van der Waals surface area contributed by atoms with Crippen molar-refractivity contribution in [3.8, 4) is 17.5 Å². The van der Waals surface area contributed by atoms with Crippen LogP contribution < -0.4 is 5.32 Å². The van der Waals surface area contributed by atoms with E-state index in [1.54, 1.807) is 36.4 Å². The maximum atomic E-state index is 13.1. The van der Waals surface area contributed by atoms with Crippen LogP contribution in [-0.4, -0.2) is 22.5 Å². The molecule has 30 heavy (non-hydrogen) atoms. The summed E-state index contributed by atoms with van der Waals surface area (Å²) in [6.45, 7) is 0. The molecule has 0 saturated heterocycles. The molecule has 1 saturated carbocycles. The number of carbonyl (C=O) groups excluding carboxylic acids is 3. The van der Waals surface area contributed by atoms with Crippen LogP contribution in [0.2, 0.25) is 0 Å². The average molecular weight is 419 g/mol. The molecule has 0 aliphatic heterocycles. The zero-order chi connectivity index (χ0) is 21.1. The van der Waals surface area contributed by atoms with Gasteiger partial charge in [-0.2, -0.15) is 5.26 Å². The van der Waals surface area contributed by atoms with Gasteiger partial charge in [0.25, 0.3) is 5.91 Å². The fourth-order valence-corrected chi connectivity index (χ4v) is 4.36. The van der Waals surface area contributed by atoms with Gasteiger partial charge in [-0.15, -0.1) is 0 Å². The molecule has 1 aromatic carbocycles. The van der Waals surface area contributed by atoms with Crippen LogP contribution in [0.4, 0.5) is 5.13 Å². The Morgan fingerprint density at radius 3 is 2.53 bits per heavy atom. The van der Waals surface area contributed by atoms with Crippen LogP contribution in [0.25, 0.3) is 11.5 Å². The summed E-state index contributed by atoms with van der Waals surface area (Å²) in [6.07, 6.45) is 3.37. The van der Waals surface area contributed by atoms with E-state index >= 15 is 0 Å². The van der Waals surface area contributed by atoms with E-state index in [-0.39, 0.29) is 28.5 Å². The van der Waals surface area contributed by atoms with Crippen molar-refractivity contribution in [1.82, 2.24) is 4.98 Å². The smallest absolute Gasteiger partial charge is 0.257 e. The predicted octanol–water partition coefficient (Wildman–Crippen LogP) is 4.47. The lowest BCUT2D eigenvalue weighted by molar-refractivity contribution is -0.120. The van der Waals surface area contributed by atoms with Crippen molar-refractivity contribution < 1.29 is 18.8 Å². The van der Waals surface area contributed by atoms with Crippen molar-refractivity contribution in [3.63, 3.8) is 0 Å². The van der Waals surface area contributed by atoms with E-state index in [1.165, 1.54) is 6.26 Å². The van der Waals surface area contributed by atoms with Gasteiger partial charge < -0.3 is 4.42 Å². The van der Waals surface area contributed by atoms with Crippen molar-refractivity contribution in [2.75, 3.05) is 5.32 Å². The molecule has 2 heterocycles. The monoisotopic (exact) mass is 419 g/mol. The van der Waals surface area contributed by atoms with Crippen molar-refractivity contribution in [1.29, 1.82) is 5.26 Å². The standard InChI is InChI=1S/C22H17N3O4S/c23-12-13-3-5-15(6-4-13)21(28)25-22-24-18(17-2-1-11-29-17)20(30-22)19(27)14-7-9-16(26)10-8-14/h1-6,11,14H,7-10H2,(H,24,25,28). The summed E-state index contributed by atoms with van der Waals surface area (Å²) in [5.41, 5.74) is 1.23. The maximum Gasteiger partial charge on any atom is 0.257 e. The minimum atomic E-state index is -0.388. The lowest BCUT2D eigenvalue weighted by Gasteiger charge is -2.19. The van der Waals surface area contributed by atoms with Gasteiger partial charge in [0.2, 0.25) is 0 Å². The second-order valence-electron chi connectivity index (χ2n) is 6.99. The summed E-state index contributed by atoms with van der Waals surface area (Å²) in [7, 11) is 0. The third kappa shape index (κ3) is 4.07. The number of hydrogen-bond acceptors (Lipinski definition) is 7. The second kappa shape index (κ2) is 8.43. The molecule has 1 aliphatic rings. The highest BCUT2D eigenvalue weighted by molar-refractivity contribution is 7.18. The molecule has 1 amide bonds. The van der Waals surface area contributed by atoms with E-state index < -0.39 is 0 Å². The van der Waals surface area contributed by atoms with Crippen molar-refractivity contribution in [3.05, 3.63) is 58.7 Å². The minimum absolute atomic E-state index is 0.0785. The van der Waals surface area contributed by atoms with E-state index in [0.29, 0.717) is 53.1 Å². The van der Waals surface area contributed by atoms with Crippen LogP contribution in [0.5, 0.6) is 0 Å². The highest BCUT2D eigenvalue weighted by atomic mass is 32.1. The molecule has 1 fully saturated rings. The van der Waals surface area contributed by atoms with Crippen LogP contribution in [0.1, 0.15) is 51.3 Å². The molecule has 0 atom stereocenters. The fraction of sp³-hybridized carbons (Fsp3) is 0.227. The number of carbonyl (C=O) groups is 3. The summed E-state index contributed by atoms with van der Waals surface area (Å²) >= 11 is 1.10. The first kappa shape index (κ1) is 19.7. The van der Waals surface area contributed by atoms with Crippen LogP contribution in [0.3, 0.4) is 0 Å². The minimum Gasteiger partial charge on any atom is -0.463 e. The molecule has 2 aromatic heterocycles. The molecule has 4 rings (SSSR count). The van der Waals surface area contributed by atoms with E-state index in [9.17, 15) is 14.4 Å². The van der Waals surface area contributed by atoms with E-state index in [0.717, 1.165) is 11.3 Å². The third-order valence-corrected chi connectivity index (χ3v) is 6.00. The number of nitrogens with one attached hydrogen (secondary N) is 1. The second-order valence-corrected chi connectivity index (χ2v) is 7.99. The maximum absolute atomic E-state index is 13.1. The number of furan rings is 1. The summed E-state index contributed by atoms with van der Waals surface area (Å²) in [5, 5.41) is 11.9. The number of aromatic nitrogens is 1. The topological polar surface area (TPSA) is 113 Å². The first-order valence-corrected chi connectivity index (χ1v) is 10.3. The number of ketones is 2. The Morgan fingerprint density at radius 2 is 1.90 bits per heavy atom. The van der Waals surface area contributed by atoms with Gasteiger partial charge >= 0.3 is 0 Å². The third-order valence-electron chi connectivity index (χ3n) is 5.02. The highest BCUT2D eigenvalue weighted by Crippen LogP contribution is 2.36. The fourth-order valence-electron chi connectivity index (χ4n) is 3.37. The molecular formula is C22H17N3O4S. The number of Topliss-reactive ketones (excluding diaryl/α,β-unsaturated/α-hetero) is 2. The first-order valence-electron chi connectivity index (χ1n) is 9.47. The number of benzene rings is 1. The molecule has 1 N–H and O–H groups in total. The quantitative estimate of drug-likeness (QED) is 0.611. The van der Waals surface area contributed by atoms with Gasteiger partial charge in [0, 0.05) is 24.3 Å². The predicted molar refractivity (Wildman–Crippen MR) is 110 cm³/mol. The molecule has 0 unspecified atom stereocenters. The zero-order valence-corrected chi connectivity index (χ0v) is 16.7. The van der Waals surface area contributed by atoms with Gasteiger partial charge in [-0.1, -0.05) is 11.3 Å². The Morgan fingerprint density at radius 1 is 1.17 bits per heavy atom. The van der Waals surface area contributed by atoms with Crippen LogP contribution in [0.15, 0.2) is 47.1 Å². The summed E-state index contributed by atoms with van der Waals surface area (Å²) in [4.78, 5) is 42.1. The van der Waals surface area contributed by atoms with Crippen molar-refractivity contribution >= 4 is 33.9 Å². The van der Waals surface area contributed by atoms with Gasteiger partial charge in [0.15, 0.2) is 16.7 Å². The number of nitriles is 1. The lowest BCUT2D eigenvalue weighted by Crippen LogP contribution is -2.21. The van der Waals surface area contributed by atoms with E-state index in [1.807, 2.05) is 6.07 Å². The molecule has 0 spiro atoms. The number of anilines is 1. The molecule has 150 valence electrons. The Kier molecular flexibility index (Phi) is 5.55. The Balaban J connectivity index is 1.60. The Hall–Kier alpha value is -3.57. The number of nitrogens with zero attached hydrogens (tertiary/aromatic N) is 2. The number of amides is 1. The molecule has 7 nitrogen and oxygen atoms in total. The highest BCUT2D eigenvalue weighted by Gasteiger charge is 2.30. The molecule has 3 aromatic rings. The summed E-state index contributed by atoms with van der Waals surface area (Å²) in [6, 6.07) is 11.7. The molecule has 0 radical (unpaired) electrons. The lowest BCUT2D eigenvalue weighted by atomic mass is 9.85.